The SMILES string of the molecule is COC(=O)C(CC#Cc1ccc2c(c1)[C@]1(C(=O)N2C(=O)N[C@H](C(=O)OC)C(C)C)[C@H](C(=O)N2CCc3cc(OC)c(OC)cc3C2)[C@H]2C(=O)O[C@H](c3ccccc3)[C@H](c3ccccc3)N2[C@@H]1c1ccc(OCCO)cc1)C(=O)OC. The fourth-order valence-corrected chi connectivity index (χ4v) is 11.8. The smallest absolute Gasteiger partial charge is 0.329 e. The first kappa shape index (κ1) is 56.0. The molecule has 416 valence electrons. The number of nitrogens with zero attached hydrogens (tertiary/aromatic N) is 3. The Morgan fingerprint density at radius 3 is 1.98 bits per heavy atom. The minimum absolute atomic E-state index is 0.0167. The predicted octanol–water partition coefficient (Wildman–Crippen LogP) is 5.94. The Kier molecular flexibility index (Phi) is 16.6. The van der Waals surface area contributed by atoms with Gasteiger partial charge in [0.15, 0.2) is 17.4 Å². The average Bonchev–Trinajstić information content (AvgIpc) is 3.12. The van der Waals surface area contributed by atoms with Crippen molar-refractivity contribution in [2.45, 2.75) is 68.9 Å². The largest absolute Gasteiger partial charge is 0.493 e. The van der Waals surface area contributed by atoms with Gasteiger partial charge in [-0.1, -0.05) is 98.5 Å². The Hall–Kier alpha value is -8.73. The van der Waals surface area contributed by atoms with Crippen LogP contribution in [0.3, 0.4) is 0 Å². The lowest BCUT2D eigenvalue weighted by atomic mass is 9.64. The first-order valence-corrected chi connectivity index (χ1v) is 26.1. The van der Waals surface area contributed by atoms with E-state index in [1.165, 1.54) is 27.4 Å². The summed E-state index contributed by atoms with van der Waals surface area (Å²) in [4.78, 5) is 108. The highest BCUT2D eigenvalue weighted by Gasteiger charge is 2.76. The molecule has 0 bridgehead atoms. The second-order valence-corrected chi connectivity index (χ2v) is 20.1. The lowest BCUT2D eigenvalue weighted by Gasteiger charge is -2.46. The number of cyclic esters (lactones) is 1. The van der Waals surface area contributed by atoms with Crippen molar-refractivity contribution in [1.29, 1.82) is 0 Å². The van der Waals surface area contributed by atoms with E-state index in [1.807, 2.05) is 71.6 Å². The minimum atomic E-state index is -2.24. The number of amides is 4. The highest BCUT2D eigenvalue weighted by atomic mass is 16.6. The molecule has 0 radical (unpaired) electrons. The number of fused-ring (bicyclic) bond motifs is 4. The number of benzene rings is 5. The molecule has 19 nitrogen and oxygen atoms in total. The number of urea groups is 1. The molecule has 4 amide bonds. The molecule has 2 N–H and O–H groups in total. The second-order valence-electron chi connectivity index (χ2n) is 20.1. The molecule has 2 saturated heterocycles. The molecule has 9 rings (SSSR count). The molecule has 5 aromatic carbocycles. The number of rotatable bonds is 15. The van der Waals surface area contributed by atoms with Gasteiger partial charge in [-0.2, -0.15) is 0 Å². The van der Waals surface area contributed by atoms with Crippen LogP contribution in [0.1, 0.15) is 77.4 Å². The standard InChI is InChI=1S/C61H62N4O15/c1-35(2)49(57(70)78-7)62-60(73)64-45-26-21-36(15-14-20-43(55(68)76-5)56(69)77-6)31-44(45)61(59(64)72)48(54(67)63-28-27-40-32-46(74-3)47(75-4)33-41(40)34-63)51-58(71)80-52(38-18-12-9-13-19-38)50(37-16-10-8-11-17-37)65(51)53(61)39-22-24-42(25-23-39)79-30-29-66/h8-13,16-19,21-26,31-33,35,43,48-53,66H,20,27-30,34H2,1-7H3,(H,62,73)/t48-,49-,50-,51-,52+,53+,61-/m0/s1. The van der Waals surface area contributed by atoms with Crippen LogP contribution < -0.4 is 24.4 Å². The number of carbonyl (C=O) groups is 7. The van der Waals surface area contributed by atoms with Gasteiger partial charge in [0.25, 0.3) is 0 Å². The summed E-state index contributed by atoms with van der Waals surface area (Å²) >= 11 is 0. The van der Waals surface area contributed by atoms with E-state index < -0.39 is 95.2 Å². The number of nitrogens with one attached hydrogen (secondary N) is 1. The summed E-state index contributed by atoms with van der Waals surface area (Å²) in [6, 6.07) is 27.5. The van der Waals surface area contributed by atoms with Crippen molar-refractivity contribution in [2.75, 3.05) is 60.2 Å². The van der Waals surface area contributed by atoms with Gasteiger partial charge in [0, 0.05) is 25.1 Å². The zero-order valence-electron chi connectivity index (χ0n) is 45.3. The summed E-state index contributed by atoms with van der Waals surface area (Å²) in [7, 11) is 6.49. The number of anilines is 1. The number of esters is 4. The average molecular weight is 1090 g/mol. The zero-order valence-corrected chi connectivity index (χ0v) is 45.3. The number of hydrogen-bond donors (Lipinski definition) is 2. The topological polar surface area (TPSA) is 226 Å². The molecule has 0 unspecified atom stereocenters. The molecule has 7 atom stereocenters. The van der Waals surface area contributed by atoms with Crippen LogP contribution in [0.25, 0.3) is 0 Å². The first-order chi connectivity index (χ1) is 38.7. The molecular weight excluding hydrogens is 1030 g/mol. The third kappa shape index (κ3) is 10.0. The summed E-state index contributed by atoms with van der Waals surface area (Å²) in [5.74, 6) is -1.22. The van der Waals surface area contributed by atoms with Crippen molar-refractivity contribution in [1.82, 2.24) is 15.1 Å². The minimum Gasteiger partial charge on any atom is -0.493 e. The van der Waals surface area contributed by atoms with Gasteiger partial charge >= 0.3 is 29.9 Å². The van der Waals surface area contributed by atoms with Crippen LogP contribution in [0.2, 0.25) is 0 Å². The molecule has 2 fully saturated rings. The van der Waals surface area contributed by atoms with Crippen molar-refractivity contribution in [3.05, 3.63) is 154 Å². The monoisotopic (exact) mass is 1090 g/mol. The molecule has 4 aliphatic heterocycles. The van der Waals surface area contributed by atoms with Gasteiger partial charge < -0.3 is 48.5 Å². The summed E-state index contributed by atoms with van der Waals surface area (Å²) in [5.41, 5.74) is 1.48. The van der Waals surface area contributed by atoms with Crippen molar-refractivity contribution >= 4 is 47.4 Å². The van der Waals surface area contributed by atoms with Crippen LogP contribution in [-0.4, -0.2) is 124 Å². The summed E-state index contributed by atoms with van der Waals surface area (Å²) in [6.07, 6.45) is -1.01. The van der Waals surface area contributed by atoms with E-state index in [-0.39, 0.29) is 49.5 Å². The van der Waals surface area contributed by atoms with Gasteiger partial charge in [-0.25, -0.2) is 14.5 Å². The van der Waals surface area contributed by atoms with E-state index in [4.69, 9.17) is 33.2 Å². The van der Waals surface area contributed by atoms with Gasteiger partial charge in [0.1, 0.15) is 36.0 Å². The van der Waals surface area contributed by atoms with Crippen LogP contribution >= 0.6 is 0 Å². The quantitative estimate of drug-likeness (QED) is 0.0536. The predicted molar refractivity (Wildman–Crippen MR) is 288 cm³/mol. The van der Waals surface area contributed by atoms with Gasteiger partial charge in [0.2, 0.25) is 11.8 Å². The molecule has 0 saturated carbocycles. The van der Waals surface area contributed by atoms with Crippen molar-refractivity contribution in [2.24, 2.45) is 17.8 Å². The van der Waals surface area contributed by atoms with E-state index >= 15 is 19.2 Å². The van der Waals surface area contributed by atoms with Crippen LogP contribution in [0.5, 0.6) is 17.2 Å². The number of hydrogen-bond acceptors (Lipinski definition) is 16. The number of aliphatic hydroxyl groups is 1. The molecule has 5 aromatic rings. The van der Waals surface area contributed by atoms with E-state index in [0.717, 1.165) is 30.2 Å². The number of morpholine rings is 1. The fraction of sp³-hybridized carbons (Fsp3) is 0.361. The molecule has 1 spiro atoms. The number of aliphatic hydroxyl groups excluding tert-OH is 1. The third-order valence-electron chi connectivity index (χ3n) is 15.4. The maximum atomic E-state index is 17.0. The Balaban J connectivity index is 1.36. The number of methoxy groups -OCH3 is 5. The molecule has 0 aliphatic carbocycles. The molecule has 19 heteroatoms. The molecule has 80 heavy (non-hydrogen) atoms. The van der Waals surface area contributed by atoms with Crippen molar-refractivity contribution in [3.8, 4) is 29.1 Å². The maximum absolute atomic E-state index is 17.0. The van der Waals surface area contributed by atoms with Crippen LogP contribution in [0.4, 0.5) is 10.5 Å². The summed E-state index contributed by atoms with van der Waals surface area (Å²) in [6.45, 7) is 3.26. The summed E-state index contributed by atoms with van der Waals surface area (Å²) < 4.78 is 38.7. The summed E-state index contributed by atoms with van der Waals surface area (Å²) in [5, 5.41) is 12.5. The van der Waals surface area contributed by atoms with Crippen LogP contribution in [0, 0.1) is 29.6 Å². The first-order valence-electron chi connectivity index (χ1n) is 26.1. The molecule has 0 aromatic heterocycles. The normalized spacial score (nSPS) is 21.3. The molecular formula is C61H62N4O15. The Bertz CT molecular complexity index is 3230. The molecule has 4 heterocycles. The number of carbonyl (C=O) groups excluding carboxylic acids is 7. The lowest BCUT2D eigenvalue weighted by Crippen LogP contribution is -2.58. The van der Waals surface area contributed by atoms with Gasteiger partial charge in [-0.05, 0) is 88.2 Å². The Morgan fingerprint density at radius 1 is 0.750 bits per heavy atom. The highest BCUT2D eigenvalue weighted by molar-refractivity contribution is 6.25. The van der Waals surface area contributed by atoms with Crippen LogP contribution in [-0.2, 0) is 66.1 Å². The number of ether oxygens (including phenoxy) is 7. The van der Waals surface area contributed by atoms with Gasteiger partial charge in [0.05, 0.1) is 65.8 Å². The maximum Gasteiger partial charge on any atom is 0.329 e. The Labute approximate surface area is 462 Å². The molecule has 4 aliphatic rings. The van der Waals surface area contributed by atoms with E-state index in [0.29, 0.717) is 40.4 Å². The third-order valence-corrected chi connectivity index (χ3v) is 15.4. The van der Waals surface area contributed by atoms with Gasteiger partial charge in [-0.15, -0.1) is 0 Å². The van der Waals surface area contributed by atoms with Crippen molar-refractivity contribution < 1.29 is 71.8 Å². The Morgan fingerprint density at radius 2 is 1.38 bits per heavy atom. The zero-order chi connectivity index (χ0) is 57.0. The fourth-order valence-electron chi connectivity index (χ4n) is 11.8. The second kappa shape index (κ2) is 23.7. The lowest BCUT2D eigenvalue weighted by molar-refractivity contribution is -0.179. The van der Waals surface area contributed by atoms with E-state index in [9.17, 15) is 19.5 Å². The van der Waals surface area contributed by atoms with Crippen molar-refractivity contribution in [3.63, 3.8) is 0 Å². The number of imide groups is 1. The van der Waals surface area contributed by atoms with E-state index in [2.05, 4.69) is 17.2 Å². The van der Waals surface area contributed by atoms with E-state index in [1.54, 1.807) is 61.2 Å². The van der Waals surface area contributed by atoms with Gasteiger partial charge in [-0.3, -0.25) is 28.9 Å². The highest BCUT2D eigenvalue weighted by Crippen LogP contribution is 2.66. The van der Waals surface area contributed by atoms with Crippen LogP contribution in [0.15, 0.2) is 115 Å².